The molecule has 2 heteroatoms. The second-order valence-corrected chi connectivity index (χ2v) is 6.66. The zero-order chi connectivity index (χ0) is 18.1. The average Bonchev–Trinajstić information content (AvgIpc) is 2.70. The first kappa shape index (κ1) is 16.3. The van der Waals surface area contributed by atoms with Crippen molar-refractivity contribution >= 4 is 16.3 Å². The van der Waals surface area contributed by atoms with Crippen molar-refractivity contribution in [1.82, 2.24) is 0 Å². The molecule has 0 radical (unpaired) electrons. The van der Waals surface area contributed by atoms with E-state index in [-0.39, 0.29) is 0 Å². The Morgan fingerprint density at radius 1 is 1.00 bits per heavy atom. The molecule has 128 valence electrons. The molecule has 1 aliphatic heterocycles. The maximum Gasteiger partial charge on any atom is 0.224 e. The van der Waals surface area contributed by atoms with Crippen molar-refractivity contribution in [2.75, 3.05) is 0 Å². The van der Waals surface area contributed by atoms with Crippen molar-refractivity contribution < 1.29 is 9.30 Å². The van der Waals surface area contributed by atoms with E-state index in [0.717, 1.165) is 29.0 Å². The second kappa shape index (κ2) is 6.64. The molecule has 0 bridgehead atoms. The lowest BCUT2D eigenvalue weighted by Crippen LogP contribution is -2.33. The molecule has 0 atom stereocenters. The van der Waals surface area contributed by atoms with Crippen LogP contribution in [-0.4, -0.2) is 0 Å². The van der Waals surface area contributed by atoms with Gasteiger partial charge in [0.1, 0.15) is 18.6 Å². The summed E-state index contributed by atoms with van der Waals surface area (Å²) in [6.07, 6.45) is 7.31. The lowest BCUT2D eigenvalue weighted by atomic mass is 9.98. The molecule has 0 aliphatic carbocycles. The van der Waals surface area contributed by atoms with Gasteiger partial charge in [-0.05, 0) is 42.0 Å². The summed E-state index contributed by atoms with van der Waals surface area (Å²) in [6, 6.07) is 18.7. The van der Waals surface area contributed by atoms with Crippen LogP contribution in [0.15, 0.2) is 90.9 Å². The monoisotopic (exact) mass is 340 g/mol. The van der Waals surface area contributed by atoms with Gasteiger partial charge in [-0.1, -0.05) is 55.1 Å². The van der Waals surface area contributed by atoms with Gasteiger partial charge in [-0.15, -0.1) is 0 Å². The summed E-state index contributed by atoms with van der Waals surface area (Å²) in [6.45, 7) is 6.41. The second-order valence-electron chi connectivity index (χ2n) is 6.66. The summed E-state index contributed by atoms with van der Waals surface area (Å²) in [5.41, 5.74) is 4.47. The summed E-state index contributed by atoms with van der Waals surface area (Å²) in [7, 11) is 2.07. The van der Waals surface area contributed by atoms with Crippen LogP contribution in [0.4, 0.5) is 0 Å². The highest BCUT2D eigenvalue weighted by Crippen LogP contribution is 2.33. The quantitative estimate of drug-likeness (QED) is 0.559. The van der Waals surface area contributed by atoms with Crippen molar-refractivity contribution in [3.05, 3.63) is 102 Å². The summed E-state index contributed by atoms with van der Waals surface area (Å²) >= 11 is 0. The number of aryl methyl sites for hydroxylation is 1. The first-order valence-corrected chi connectivity index (χ1v) is 8.85. The number of para-hydroxylation sites is 1. The van der Waals surface area contributed by atoms with Crippen molar-refractivity contribution in [2.24, 2.45) is 7.05 Å². The number of fused-ring (bicyclic) bond motifs is 2. The molecule has 0 saturated carbocycles. The Labute approximate surface area is 154 Å². The van der Waals surface area contributed by atoms with Crippen LogP contribution < -0.4 is 9.30 Å². The fraction of sp³-hybridized carbons (Fsp3) is 0.125. The highest BCUT2D eigenvalue weighted by molar-refractivity contribution is 5.95. The maximum atomic E-state index is 6.25. The minimum Gasteiger partial charge on any atom is -0.457 e. The molecule has 0 N–H and O–H groups in total. The van der Waals surface area contributed by atoms with Gasteiger partial charge < -0.3 is 4.74 Å². The fourth-order valence-electron chi connectivity index (χ4n) is 3.57. The number of nitrogens with zero attached hydrogens (tertiary/aromatic N) is 1. The molecule has 4 rings (SSSR count). The van der Waals surface area contributed by atoms with E-state index in [1.165, 1.54) is 16.3 Å². The van der Waals surface area contributed by atoms with E-state index < -0.39 is 0 Å². The molecular formula is C24H22NO+. The van der Waals surface area contributed by atoms with Gasteiger partial charge in [0.15, 0.2) is 6.20 Å². The van der Waals surface area contributed by atoms with Crippen LogP contribution in [0.5, 0.6) is 5.75 Å². The highest BCUT2D eigenvalue weighted by atomic mass is 16.5. The first-order chi connectivity index (χ1) is 12.6. The number of allylic oxidation sites excluding steroid dienone is 4. The van der Waals surface area contributed by atoms with Gasteiger partial charge in [0.2, 0.25) is 5.69 Å². The van der Waals surface area contributed by atoms with E-state index in [1.807, 2.05) is 18.2 Å². The zero-order valence-electron chi connectivity index (χ0n) is 15.2. The van der Waals surface area contributed by atoms with Crippen molar-refractivity contribution in [2.45, 2.75) is 13.3 Å². The van der Waals surface area contributed by atoms with Gasteiger partial charge >= 0.3 is 0 Å². The molecule has 0 unspecified atom stereocenters. The summed E-state index contributed by atoms with van der Waals surface area (Å²) < 4.78 is 8.40. The molecule has 2 heterocycles. The Bertz CT molecular complexity index is 1070. The number of hydrogen-bond acceptors (Lipinski definition) is 1. The molecule has 0 fully saturated rings. The maximum absolute atomic E-state index is 6.25. The van der Waals surface area contributed by atoms with Crippen LogP contribution in [0.3, 0.4) is 0 Å². The molecule has 26 heavy (non-hydrogen) atoms. The Balaban J connectivity index is 1.95. The van der Waals surface area contributed by atoms with E-state index in [0.29, 0.717) is 5.76 Å². The zero-order valence-corrected chi connectivity index (χ0v) is 15.2. The van der Waals surface area contributed by atoms with Crippen molar-refractivity contribution in [1.29, 1.82) is 0 Å². The molecule has 0 amide bonds. The highest BCUT2D eigenvalue weighted by Gasteiger charge is 2.24. The topological polar surface area (TPSA) is 13.1 Å². The van der Waals surface area contributed by atoms with Crippen LogP contribution >= 0.6 is 0 Å². The van der Waals surface area contributed by atoms with Crippen LogP contribution in [0.2, 0.25) is 0 Å². The number of aromatic nitrogens is 1. The molecular weight excluding hydrogens is 318 g/mol. The van der Waals surface area contributed by atoms with Crippen LogP contribution in [0.1, 0.15) is 18.2 Å². The number of pyridine rings is 1. The molecule has 2 nitrogen and oxygen atoms in total. The Morgan fingerprint density at radius 3 is 2.65 bits per heavy atom. The first-order valence-electron chi connectivity index (χ1n) is 8.85. The minimum absolute atomic E-state index is 0.674. The summed E-state index contributed by atoms with van der Waals surface area (Å²) in [5, 5.41) is 2.40. The predicted octanol–water partition coefficient (Wildman–Crippen LogP) is 5.14. The van der Waals surface area contributed by atoms with E-state index in [2.05, 4.69) is 79.9 Å². The molecule has 0 saturated heterocycles. The van der Waals surface area contributed by atoms with Crippen LogP contribution in [0, 0.1) is 0 Å². The smallest absolute Gasteiger partial charge is 0.224 e. The van der Waals surface area contributed by atoms with Crippen LogP contribution in [0.25, 0.3) is 16.3 Å². The van der Waals surface area contributed by atoms with Gasteiger partial charge in [0.25, 0.3) is 0 Å². The molecule has 1 aromatic heterocycles. The van der Waals surface area contributed by atoms with Gasteiger partial charge in [-0.25, -0.2) is 4.57 Å². The summed E-state index contributed by atoms with van der Waals surface area (Å²) in [5.74, 6) is 1.55. The van der Waals surface area contributed by atoms with E-state index in [1.54, 1.807) is 0 Å². The van der Waals surface area contributed by atoms with Crippen LogP contribution in [-0.2, 0) is 13.5 Å². The summed E-state index contributed by atoms with van der Waals surface area (Å²) in [4.78, 5) is 0. The molecule has 0 spiro atoms. The van der Waals surface area contributed by atoms with E-state index in [9.17, 15) is 0 Å². The SMILES string of the molecule is C=C1Oc2ccccc2C/C=C\C(C)=C/1c1c2ccccc2cc[n+]1C. The third-order valence-electron chi connectivity index (χ3n) is 4.87. The molecule has 3 aromatic rings. The predicted molar refractivity (Wildman–Crippen MR) is 107 cm³/mol. The Morgan fingerprint density at radius 2 is 1.77 bits per heavy atom. The standard InChI is InChI=1S/C24H22NO/c1-17-9-8-12-20-11-5-7-14-22(20)26-18(2)23(17)24-21-13-6-4-10-19(21)15-16-25(24)3/h4-11,13-16H,2,12H2,1,3H3/q+1/b9-8-,23-17+. The minimum atomic E-state index is 0.674. The number of ether oxygens (including phenoxy) is 1. The number of rotatable bonds is 1. The lowest BCUT2D eigenvalue weighted by Gasteiger charge is -2.15. The normalized spacial score (nSPS) is 18.5. The average molecular weight is 340 g/mol. The van der Waals surface area contributed by atoms with Gasteiger partial charge in [-0.3, -0.25) is 0 Å². The van der Waals surface area contributed by atoms with E-state index >= 15 is 0 Å². The largest absolute Gasteiger partial charge is 0.457 e. The van der Waals surface area contributed by atoms with Gasteiger partial charge in [-0.2, -0.15) is 0 Å². The Hall–Kier alpha value is -3.13. The lowest BCUT2D eigenvalue weighted by molar-refractivity contribution is -0.672. The molecule has 1 aliphatic rings. The number of benzene rings is 2. The number of hydrogen-bond donors (Lipinski definition) is 0. The molecule has 2 aromatic carbocycles. The third kappa shape index (κ3) is 2.84. The van der Waals surface area contributed by atoms with Gasteiger partial charge in [0.05, 0.1) is 11.0 Å². The van der Waals surface area contributed by atoms with Crippen molar-refractivity contribution in [3.63, 3.8) is 0 Å². The Kier molecular flexibility index (Phi) is 4.18. The van der Waals surface area contributed by atoms with Gasteiger partial charge in [0, 0.05) is 6.07 Å². The van der Waals surface area contributed by atoms with E-state index in [4.69, 9.17) is 4.74 Å². The fourth-order valence-corrected chi connectivity index (χ4v) is 3.57. The van der Waals surface area contributed by atoms with Crippen molar-refractivity contribution in [3.8, 4) is 5.75 Å². The third-order valence-corrected chi connectivity index (χ3v) is 4.87.